The molecule has 1 aliphatic rings. The van der Waals surface area contributed by atoms with Gasteiger partial charge in [0.15, 0.2) is 11.8 Å². The van der Waals surface area contributed by atoms with Crippen molar-refractivity contribution < 1.29 is 17.7 Å². The lowest BCUT2D eigenvalue weighted by Crippen LogP contribution is -2.48. The van der Waals surface area contributed by atoms with E-state index in [-0.39, 0.29) is 30.0 Å². The Kier molecular flexibility index (Phi) is 9.54. The van der Waals surface area contributed by atoms with E-state index in [1.807, 2.05) is 6.92 Å². The van der Waals surface area contributed by atoms with Gasteiger partial charge in [-0.05, 0) is 31.4 Å². The van der Waals surface area contributed by atoms with E-state index in [1.165, 1.54) is 12.1 Å². The molecule has 172 valence electrons. The largest absolute Gasteiger partial charge is 0.416 e. The first-order chi connectivity index (χ1) is 14.3. The second-order valence-corrected chi connectivity index (χ2v) is 7.32. The van der Waals surface area contributed by atoms with Gasteiger partial charge >= 0.3 is 6.18 Å². The molecule has 0 unspecified atom stereocenters. The molecule has 3 rings (SSSR count). The molecule has 1 aromatic heterocycles. The number of nitrogens with zero attached hydrogens (tertiary/aromatic N) is 4. The number of aliphatic imine (C=N–C) groups is 1. The van der Waals surface area contributed by atoms with Crippen molar-refractivity contribution in [2.45, 2.75) is 52.0 Å². The number of hydrogen-bond donors (Lipinski definition) is 2. The zero-order valence-corrected chi connectivity index (χ0v) is 19.9. The molecule has 7 nitrogen and oxygen atoms in total. The van der Waals surface area contributed by atoms with Crippen LogP contribution in [0.1, 0.15) is 42.6 Å². The molecule has 0 spiro atoms. The van der Waals surface area contributed by atoms with Crippen LogP contribution >= 0.6 is 24.0 Å². The Labute approximate surface area is 196 Å². The van der Waals surface area contributed by atoms with Crippen LogP contribution in [0, 0.1) is 6.92 Å². The predicted molar refractivity (Wildman–Crippen MR) is 122 cm³/mol. The van der Waals surface area contributed by atoms with Gasteiger partial charge in [0, 0.05) is 39.1 Å². The molecule has 2 N–H and O–H groups in total. The molecule has 2 heterocycles. The van der Waals surface area contributed by atoms with Gasteiger partial charge in [-0.3, -0.25) is 4.90 Å². The molecule has 1 fully saturated rings. The molecule has 2 aromatic rings. The minimum absolute atomic E-state index is 0. The van der Waals surface area contributed by atoms with E-state index < -0.39 is 11.7 Å². The second-order valence-electron chi connectivity index (χ2n) is 7.32. The Hall–Kier alpha value is -1.89. The van der Waals surface area contributed by atoms with Gasteiger partial charge in [0.25, 0.3) is 0 Å². The molecule has 0 saturated carbocycles. The Morgan fingerprint density at radius 3 is 2.65 bits per heavy atom. The smallest absolute Gasteiger partial charge is 0.357 e. The quantitative estimate of drug-likeness (QED) is 0.323. The van der Waals surface area contributed by atoms with Crippen molar-refractivity contribution in [1.29, 1.82) is 0 Å². The molecule has 0 atom stereocenters. The first-order valence-corrected chi connectivity index (χ1v) is 10.1. The average Bonchev–Trinajstić information content (AvgIpc) is 3.13. The van der Waals surface area contributed by atoms with Crippen LogP contribution in [0.2, 0.25) is 0 Å². The highest BCUT2D eigenvalue weighted by molar-refractivity contribution is 14.0. The van der Waals surface area contributed by atoms with Gasteiger partial charge in [-0.25, -0.2) is 4.99 Å². The van der Waals surface area contributed by atoms with Crippen molar-refractivity contribution in [2.75, 3.05) is 19.6 Å². The van der Waals surface area contributed by atoms with Gasteiger partial charge in [-0.1, -0.05) is 23.4 Å². The van der Waals surface area contributed by atoms with Crippen molar-refractivity contribution in [1.82, 2.24) is 25.7 Å². The van der Waals surface area contributed by atoms with Crippen molar-refractivity contribution in [3.63, 3.8) is 0 Å². The van der Waals surface area contributed by atoms with Crippen LogP contribution in [0.5, 0.6) is 0 Å². The van der Waals surface area contributed by atoms with Crippen molar-refractivity contribution in [3.8, 4) is 0 Å². The van der Waals surface area contributed by atoms with Gasteiger partial charge in [-0.15, -0.1) is 24.0 Å². The molecular weight excluding hydrogens is 524 g/mol. The summed E-state index contributed by atoms with van der Waals surface area (Å²) in [6, 6.07) is 5.80. The summed E-state index contributed by atoms with van der Waals surface area (Å²) in [6.45, 7) is 6.90. The van der Waals surface area contributed by atoms with Crippen molar-refractivity contribution in [3.05, 3.63) is 47.1 Å². The van der Waals surface area contributed by atoms with Gasteiger partial charge in [0.05, 0.1) is 5.56 Å². The molecule has 0 aliphatic carbocycles. The molecule has 0 amide bonds. The van der Waals surface area contributed by atoms with E-state index in [1.54, 1.807) is 13.0 Å². The zero-order valence-electron chi connectivity index (χ0n) is 17.6. The molecule has 0 radical (unpaired) electrons. The Bertz CT molecular complexity index is 849. The Morgan fingerprint density at radius 1 is 1.29 bits per heavy atom. The third kappa shape index (κ3) is 7.95. The number of likely N-dealkylation sites (tertiary alicyclic amines) is 1. The fourth-order valence-corrected chi connectivity index (χ4v) is 3.41. The maximum atomic E-state index is 12.9. The normalized spacial score (nSPS) is 16.1. The highest BCUT2D eigenvalue weighted by atomic mass is 127. The maximum absolute atomic E-state index is 12.9. The van der Waals surface area contributed by atoms with E-state index >= 15 is 0 Å². The Morgan fingerprint density at radius 2 is 2.03 bits per heavy atom. The van der Waals surface area contributed by atoms with E-state index in [0.717, 1.165) is 38.5 Å². The average molecular weight is 552 g/mol. The summed E-state index contributed by atoms with van der Waals surface area (Å²) < 4.78 is 43.7. The van der Waals surface area contributed by atoms with Crippen LogP contribution in [-0.4, -0.2) is 46.7 Å². The number of halogens is 4. The SMILES string of the molecule is CCNC(=NCc1noc(C)n1)NC1CCN(Cc2cccc(C(F)(F)F)c2)CC1.I. The zero-order chi connectivity index (χ0) is 21.6. The van der Waals surface area contributed by atoms with Crippen LogP contribution in [-0.2, 0) is 19.3 Å². The minimum Gasteiger partial charge on any atom is -0.357 e. The fourth-order valence-electron chi connectivity index (χ4n) is 3.41. The van der Waals surface area contributed by atoms with Crippen LogP contribution < -0.4 is 10.6 Å². The summed E-state index contributed by atoms with van der Waals surface area (Å²) in [5.41, 5.74) is 0.0846. The number of nitrogens with one attached hydrogen (secondary N) is 2. The first-order valence-electron chi connectivity index (χ1n) is 10.1. The lowest BCUT2D eigenvalue weighted by molar-refractivity contribution is -0.137. The molecule has 1 saturated heterocycles. The highest BCUT2D eigenvalue weighted by Gasteiger charge is 2.30. The maximum Gasteiger partial charge on any atom is 0.416 e. The minimum atomic E-state index is -4.31. The lowest BCUT2D eigenvalue weighted by Gasteiger charge is -2.33. The fraction of sp³-hybridized carbons (Fsp3) is 0.550. The van der Waals surface area contributed by atoms with Crippen LogP contribution in [0.4, 0.5) is 13.2 Å². The Balaban J connectivity index is 0.00000341. The first kappa shape index (κ1) is 25.4. The monoisotopic (exact) mass is 552 g/mol. The van der Waals surface area contributed by atoms with Gasteiger partial charge in [0.2, 0.25) is 5.89 Å². The molecule has 1 aliphatic heterocycles. The second kappa shape index (κ2) is 11.7. The number of hydrogen-bond acceptors (Lipinski definition) is 5. The van der Waals surface area contributed by atoms with E-state index in [0.29, 0.717) is 36.3 Å². The van der Waals surface area contributed by atoms with Crippen LogP contribution in [0.3, 0.4) is 0 Å². The van der Waals surface area contributed by atoms with Crippen molar-refractivity contribution >= 4 is 29.9 Å². The lowest BCUT2D eigenvalue weighted by atomic mass is 10.0. The molecule has 11 heteroatoms. The number of benzene rings is 1. The molecular formula is C20H28F3IN6O. The number of piperidine rings is 1. The number of aryl methyl sites for hydroxylation is 1. The number of aromatic nitrogens is 2. The topological polar surface area (TPSA) is 78.6 Å². The molecule has 1 aromatic carbocycles. The molecule has 0 bridgehead atoms. The summed E-state index contributed by atoms with van der Waals surface area (Å²) in [6.07, 6.45) is -2.55. The number of alkyl halides is 3. The van der Waals surface area contributed by atoms with Gasteiger partial charge in [0.1, 0.15) is 6.54 Å². The van der Waals surface area contributed by atoms with Gasteiger partial charge < -0.3 is 15.2 Å². The van der Waals surface area contributed by atoms with E-state index in [4.69, 9.17) is 4.52 Å². The summed E-state index contributed by atoms with van der Waals surface area (Å²) in [7, 11) is 0. The van der Waals surface area contributed by atoms with Crippen LogP contribution in [0.25, 0.3) is 0 Å². The van der Waals surface area contributed by atoms with E-state index in [2.05, 4.69) is 30.7 Å². The number of rotatable bonds is 6. The molecule has 31 heavy (non-hydrogen) atoms. The summed E-state index contributed by atoms with van der Waals surface area (Å²) in [5, 5.41) is 10.5. The summed E-state index contributed by atoms with van der Waals surface area (Å²) in [5.74, 6) is 1.73. The van der Waals surface area contributed by atoms with Crippen LogP contribution in [0.15, 0.2) is 33.8 Å². The number of guanidine groups is 1. The van der Waals surface area contributed by atoms with E-state index in [9.17, 15) is 13.2 Å². The predicted octanol–water partition coefficient (Wildman–Crippen LogP) is 3.73. The highest BCUT2D eigenvalue weighted by Crippen LogP contribution is 2.30. The third-order valence-electron chi connectivity index (χ3n) is 4.88. The van der Waals surface area contributed by atoms with Gasteiger partial charge in [-0.2, -0.15) is 18.2 Å². The summed E-state index contributed by atoms with van der Waals surface area (Å²) in [4.78, 5) is 10.8. The standard InChI is InChI=1S/C20H27F3N6O.HI/c1-3-24-19(25-12-18-26-14(2)30-28-18)27-17-7-9-29(10-8-17)13-15-5-4-6-16(11-15)20(21,22)23;/h4-6,11,17H,3,7-10,12-13H2,1-2H3,(H2,24,25,27);1H. The van der Waals surface area contributed by atoms with Crippen molar-refractivity contribution in [2.24, 2.45) is 4.99 Å². The summed E-state index contributed by atoms with van der Waals surface area (Å²) >= 11 is 0. The third-order valence-corrected chi connectivity index (χ3v) is 4.88.